The number of hydrogen-bond donors (Lipinski definition) is 0. The molecule has 1 saturated heterocycles. The van der Waals surface area contributed by atoms with E-state index in [4.69, 9.17) is 9.16 Å². The molecule has 0 aromatic heterocycles. The second-order valence-electron chi connectivity index (χ2n) is 11.7. The van der Waals surface area contributed by atoms with Crippen molar-refractivity contribution in [2.75, 3.05) is 12.4 Å². The van der Waals surface area contributed by atoms with Crippen LogP contribution in [0.5, 0.6) is 0 Å². The predicted octanol–water partition coefficient (Wildman–Crippen LogP) is 5.38. The third-order valence-electron chi connectivity index (χ3n) is 7.78. The summed E-state index contributed by atoms with van der Waals surface area (Å²) in [5.74, 6) is -0.540. The molecule has 0 radical (unpaired) electrons. The highest BCUT2D eigenvalue weighted by atomic mass is 32.2. The van der Waals surface area contributed by atoms with Crippen LogP contribution in [0.15, 0.2) is 95.9 Å². The summed E-state index contributed by atoms with van der Waals surface area (Å²) in [5.41, 5.74) is 0. The van der Waals surface area contributed by atoms with Crippen LogP contribution in [0, 0.1) is 11.8 Å². The Morgan fingerprint density at radius 3 is 1.92 bits per heavy atom. The smallest absolute Gasteiger partial charge is 0.306 e. The minimum absolute atomic E-state index is 0.0553. The SMILES string of the molecule is C[C@H](CS(=O)(=O)c1ccccc1)C1C[C@@H](CCO[Si](c2ccccc2)(c2ccccc2)C(C)(C)C)CC(=O)O1. The Labute approximate surface area is 234 Å². The number of esters is 1. The third-order valence-corrected chi connectivity index (χ3v) is 14.8. The van der Waals surface area contributed by atoms with E-state index in [2.05, 4.69) is 69.3 Å². The molecule has 5 nitrogen and oxygen atoms in total. The summed E-state index contributed by atoms with van der Waals surface area (Å²) >= 11 is 0. The number of sulfone groups is 1. The molecule has 3 aromatic rings. The molecule has 0 saturated carbocycles. The van der Waals surface area contributed by atoms with Gasteiger partial charge in [0.25, 0.3) is 8.32 Å². The molecule has 0 spiro atoms. The van der Waals surface area contributed by atoms with E-state index in [9.17, 15) is 13.2 Å². The highest BCUT2D eigenvalue weighted by molar-refractivity contribution is 7.91. The lowest BCUT2D eigenvalue weighted by molar-refractivity contribution is -0.159. The van der Waals surface area contributed by atoms with Crippen molar-refractivity contribution in [3.8, 4) is 0 Å². The maximum atomic E-state index is 12.9. The number of cyclic esters (lactones) is 1. The van der Waals surface area contributed by atoms with Crippen molar-refractivity contribution in [3.05, 3.63) is 91.0 Å². The zero-order valence-electron chi connectivity index (χ0n) is 23.4. The van der Waals surface area contributed by atoms with Gasteiger partial charge >= 0.3 is 5.97 Å². The van der Waals surface area contributed by atoms with Gasteiger partial charge in [-0.15, -0.1) is 0 Å². The molecule has 3 atom stereocenters. The van der Waals surface area contributed by atoms with E-state index < -0.39 is 24.3 Å². The first kappa shape index (κ1) is 29.2. The van der Waals surface area contributed by atoms with E-state index in [0.717, 1.165) is 0 Å². The molecule has 0 bridgehead atoms. The van der Waals surface area contributed by atoms with E-state index in [1.807, 2.05) is 19.1 Å². The standard InChI is InChI=1S/C32H40O5SSi/c1-25(24-38(34,35)27-14-8-5-9-15-27)30-22-26(23-31(33)37-30)20-21-36-39(32(2,3)4,28-16-10-6-11-17-28)29-18-12-7-13-19-29/h5-19,25-26,30H,20-24H2,1-4H3/t25-,26-,30?/m1/s1. The van der Waals surface area contributed by atoms with Crippen molar-refractivity contribution >= 4 is 34.5 Å². The number of benzene rings is 3. The number of carbonyl (C=O) groups is 1. The molecule has 1 aliphatic heterocycles. The van der Waals surface area contributed by atoms with E-state index in [1.54, 1.807) is 30.3 Å². The van der Waals surface area contributed by atoms with Gasteiger partial charge in [0.2, 0.25) is 0 Å². The highest BCUT2D eigenvalue weighted by Gasteiger charge is 2.50. The summed E-state index contributed by atoms with van der Waals surface area (Å²) in [7, 11) is -6.12. The van der Waals surface area contributed by atoms with Gasteiger partial charge in [0, 0.05) is 18.9 Å². The summed E-state index contributed by atoms with van der Waals surface area (Å²) in [4.78, 5) is 12.9. The lowest BCUT2D eigenvalue weighted by Crippen LogP contribution is -2.66. The quantitative estimate of drug-likeness (QED) is 0.244. The largest absolute Gasteiger partial charge is 0.462 e. The lowest BCUT2D eigenvalue weighted by atomic mass is 9.88. The zero-order chi connectivity index (χ0) is 28.1. The van der Waals surface area contributed by atoms with Crippen LogP contribution in [-0.4, -0.2) is 41.2 Å². The van der Waals surface area contributed by atoms with Gasteiger partial charge in [-0.3, -0.25) is 4.79 Å². The van der Waals surface area contributed by atoms with Gasteiger partial charge in [-0.05, 0) is 46.3 Å². The first-order valence-corrected chi connectivity index (χ1v) is 17.3. The zero-order valence-corrected chi connectivity index (χ0v) is 25.2. The summed E-state index contributed by atoms with van der Waals surface area (Å²) < 4.78 is 38.6. The molecule has 1 fully saturated rings. The molecule has 0 N–H and O–H groups in total. The van der Waals surface area contributed by atoms with Crippen LogP contribution in [0.2, 0.25) is 5.04 Å². The van der Waals surface area contributed by atoms with Crippen molar-refractivity contribution in [1.82, 2.24) is 0 Å². The summed E-state index contributed by atoms with van der Waals surface area (Å²) in [6, 6.07) is 29.5. The molecule has 208 valence electrons. The summed E-state index contributed by atoms with van der Waals surface area (Å²) in [6.45, 7) is 9.14. The number of carbonyl (C=O) groups excluding carboxylic acids is 1. The Balaban J connectivity index is 1.49. The molecule has 0 aliphatic carbocycles. The van der Waals surface area contributed by atoms with Crippen molar-refractivity contribution < 1.29 is 22.4 Å². The van der Waals surface area contributed by atoms with Crippen molar-refractivity contribution in [2.45, 2.75) is 63.0 Å². The molecule has 4 rings (SSSR count). The summed E-state index contributed by atoms with van der Waals surface area (Å²) in [5, 5.41) is 2.33. The van der Waals surface area contributed by atoms with E-state index in [1.165, 1.54) is 10.4 Å². The average Bonchev–Trinajstić information content (AvgIpc) is 2.91. The Morgan fingerprint density at radius 1 is 0.897 bits per heavy atom. The maximum Gasteiger partial charge on any atom is 0.306 e. The van der Waals surface area contributed by atoms with Gasteiger partial charge in [-0.1, -0.05) is 107 Å². The Kier molecular flexibility index (Phi) is 9.14. The fourth-order valence-electron chi connectivity index (χ4n) is 5.80. The fraction of sp³-hybridized carbons (Fsp3) is 0.406. The number of hydrogen-bond acceptors (Lipinski definition) is 5. The van der Waals surface area contributed by atoms with Crippen LogP contribution in [-0.2, 0) is 23.8 Å². The minimum atomic E-state index is -3.47. The average molecular weight is 565 g/mol. The van der Waals surface area contributed by atoms with E-state index in [0.29, 0.717) is 30.8 Å². The number of ether oxygens (including phenoxy) is 1. The van der Waals surface area contributed by atoms with Gasteiger partial charge in [-0.25, -0.2) is 8.42 Å². The lowest BCUT2D eigenvalue weighted by Gasteiger charge is -2.43. The molecule has 1 unspecified atom stereocenters. The fourth-order valence-corrected chi connectivity index (χ4v) is 12.0. The van der Waals surface area contributed by atoms with Crippen LogP contribution < -0.4 is 10.4 Å². The van der Waals surface area contributed by atoms with Crippen LogP contribution in [0.1, 0.15) is 47.0 Å². The van der Waals surface area contributed by atoms with Crippen LogP contribution in [0.3, 0.4) is 0 Å². The molecule has 1 heterocycles. The molecule has 1 aliphatic rings. The maximum absolute atomic E-state index is 12.9. The second kappa shape index (κ2) is 12.2. The molecular formula is C32H40O5SSi. The van der Waals surface area contributed by atoms with Crippen LogP contribution in [0.25, 0.3) is 0 Å². The molecule has 39 heavy (non-hydrogen) atoms. The Morgan fingerprint density at radius 2 is 1.41 bits per heavy atom. The van der Waals surface area contributed by atoms with Gasteiger partial charge in [0.1, 0.15) is 6.10 Å². The van der Waals surface area contributed by atoms with Gasteiger partial charge in [0.15, 0.2) is 9.84 Å². The molecular weight excluding hydrogens is 525 g/mol. The van der Waals surface area contributed by atoms with Crippen LogP contribution >= 0.6 is 0 Å². The minimum Gasteiger partial charge on any atom is -0.462 e. The number of rotatable bonds is 10. The molecule has 0 amide bonds. The predicted molar refractivity (Wildman–Crippen MR) is 158 cm³/mol. The first-order chi connectivity index (χ1) is 18.5. The van der Waals surface area contributed by atoms with Crippen molar-refractivity contribution in [1.29, 1.82) is 0 Å². The van der Waals surface area contributed by atoms with E-state index in [-0.39, 0.29) is 28.6 Å². The van der Waals surface area contributed by atoms with Gasteiger partial charge < -0.3 is 9.16 Å². The Bertz CT molecular complexity index is 1280. The Hall–Kier alpha value is -2.74. The second-order valence-corrected chi connectivity index (χ2v) is 18.0. The van der Waals surface area contributed by atoms with E-state index >= 15 is 0 Å². The van der Waals surface area contributed by atoms with Crippen LogP contribution in [0.4, 0.5) is 0 Å². The van der Waals surface area contributed by atoms with Gasteiger partial charge in [0.05, 0.1) is 10.6 Å². The third kappa shape index (κ3) is 6.71. The van der Waals surface area contributed by atoms with Crippen molar-refractivity contribution in [3.63, 3.8) is 0 Å². The monoisotopic (exact) mass is 564 g/mol. The molecule has 7 heteroatoms. The first-order valence-electron chi connectivity index (χ1n) is 13.8. The van der Waals surface area contributed by atoms with Crippen molar-refractivity contribution in [2.24, 2.45) is 11.8 Å². The topological polar surface area (TPSA) is 69.7 Å². The normalized spacial score (nSPS) is 19.3. The highest BCUT2D eigenvalue weighted by Crippen LogP contribution is 2.37. The summed E-state index contributed by atoms with van der Waals surface area (Å²) in [6.07, 6.45) is 1.26. The molecule has 3 aromatic carbocycles. The van der Waals surface area contributed by atoms with Gasteiger partial charge in [-0.2, -0.15) is 0 Å².